The Labute approximate surface area is 144 Å². The van der Waals surface area contributed by atoms with Crippen LogP contribution in [-0.4, -0.2) is 53.1 Å². The zero-order valence-electron chi connectivity index (χ0n) is 14.9. The van der Waals surface area contributed by atoms with E-state index in [1.165, 1.54) is 0 Å². The first kappa shape index (κ1) is 17.5. The third-order valence-electron chi connectivity index (χ3n) is 5.51. The number of hydrogen-bond donors (Lipinski definition) is 1. The summed E-state index contributed by atoms with van der Waals surface area (Å²) in [5, 5.41) is 9.26. The minimum atomic E-state index is 0.207. The van der Waals surface area contributed by atoms with E-state index in [0.29, 0.717) is 37.7 Å². The SMILES string of the molecule is Cc1ccc(CN(C(=O)CN(C)C2CCC(CO)CC2)C2CC2)o1. The van der Waals surface area contributed by atoms with Crippen LogP contribution in [0, 0.1) is 12.8 Å². The quantitative estimate of drug-likeness (QED) is 0.833. The van der Waals surface area contributed by atoms with E-state index in [9.17, 15) is 9.90 Å². The molecule has 1 aromatic heterocycles. The highest BCUT2D eigenvalue weighted by Gasteiger charge is 2.34. The number of aliphatic hydroxyl groups is 1. The highest BCUT2D eigenvalue weighted by molar-refractivity contribution is 5.79. The van der Waals surface area contributed by atoms with E-state index >= 15 is 0 Å². The Bertz CT molecular complexity index is 545. The number of aryl methyl sites for hydroxylation is 1. The van der Waals surface area contributed by atoms with Crippen LogP contribution in [0.2, 0.25) is 0 Å². The van der Waals surface area contributed by atoms with Crippen molar-refractivity contribution in [3.05, 3.63) is 23.7 Å². The maximum Gasteiger partial charge on any atom is 0.237 e. The van der Waals surface area contributed by atoms with Crippen LogP contribution in [-0.2, 0) is 11.3 Å². The van der Waals surface area contributed by atoms with Gasteiger partial charge in [-0.25, -0.2) is 0 Å². The lowest BCUT2D eigenvalue weighted by atomic mass is 9.86. The van der Waals surface area contributed by atoms with Crippen LogP contribution in [0.3, 0.4) is 0 Å². The van der Waals surface area contributed by atoms with Crippen molar-refractivity contribution in [1.29, 1.82) is 0 Å². The maximum absolute atomic E-state index is 12.8. The Balaban J connectivity index is 1.53. The molecule has 24 heavy (non-hydrogen) atoms. The number of aliphatic hydroxyl groups excluding tert-OH is 1. The topological polar surface area (TPSA) is 56.9 Å². The van der Waals surface area contributed by atoms with Crippen LogP contribution in [0.1, 0.15) is 50.0 Å². The fraction of sp³-hybridized carbons (Fsp3) is 0.737. The smallest absolute Gasteiger partial charge is 0.237 e. The molecule has 0 spiro atoms. The van der Waals surface area contributed by atoms with Gasteiger partial charge < -0.3 is 14.4 Å². The normalized spacial score (nSPS) is 24.3. The van der Waals surface area contributed by atoms with E-state index in [1.54, 1.807) is 0 Å². The molecule has 1 N–H and O–H groups in total. The number of hydrogen-bond acceptors (Lipinski definition) is 4. The number of furan rings is 1. The van der Waals surface area contributed by atoms with Crippen LogP contribution in [0.5, 0.6) is 0 Å². The molecule has 0 saturated heterocycles. The second-order valence-electron chi connectivity index (χ2n) is 7.54. The number of carbonyl (C=O) groups is 1. The third-order valence-corrected chi connectivity index (χ3v) is 5.51. The Morgan fingerprint density at radius 2 is 1.83 bits per heavy atom. The molecule has 134 valence electrons. The first-order valence-corrected chi connectivity index (χ1v) is 9.22. The van der Waals surface area contributed by atoms with Crippen molar-refractivity contribution < 1.29 is 14.3 Å². The predicted molar refractivity (Wildman–Crippen MR) is 92.5 cm³/mol. The summed E-state index contributed by atoms with van der Waals surface area (Å²) in [6, 6.07) is 4.78. The van der Waals surface area contributed by atoms with Gasteiger partial charge in [-0.2, -0.15) is 0 Å². The Hall–Kier alpha value is -1.33. The largest absolute Gasteiger partial charge is 0.464 e. The number of likely N-dealkylation sites (N-methyl/N-ethyl adjacent to an activating group) is 1. The van der Waals surface area contributed by atoms with Gasteiger partial charge in [-0.1, -0.05) is 0 Å². The lowest BCUT2D eigenvalue weighted by Crippen LogP contribution is -2.44. The molecule has 0 radical (unpaired) electrons. The molecular formula is C19H30N2O3. The van der Waals surface area contributed by atoms with Gasteiger partial charge in [-0.05, 0) is 70.5 Å². The average molecular weight is 334 g/mol. The van der Waals surface area contributed by atoms with Gasteiger partial charge >= 0.3 is 0 Å². The first-order chi connectivity index (χ1) is 11.6. The Morgan fingerprint density at radius 1 is 1.17 bits per heavy atom. The average Bonchev–Trinajstić information content (AvgIpc) is 3.34. The van der Waals surface area contributed by atoms with Gasteiger partial charge in [0.15, 0.2) is 0 Å². The van der Waals surface area contributed by atoms with Crippen molar-refractivity contribution in [2.75, 3.05) is 20.2 Å². The standard InChI is InChI=1S/C19H30N2O3/c1-14-3-10-18(24-14)11-21(17-8-9-17)19(23)12-20(2)16-6-4-15(13-22)5-7-16/h3,10,15-17,22H,4-9,11-13H2,1-2H3. The van der Waals surface area contributed by atoms with Gasteiger partial charge in [0.1, 0.15) is 11.5 Å². The van der Waals surface area contributed by atoms with Gasteiger partial charge in [0, 0.05) is 18.7 Å². The lowest BCUT2D eigenvalue weighted by Gasteiger charge is -2.35. The van der Waals surface area contributed by atoms with Crippen molar-refractivity contribution in [3.63, 3.8) is 0 Å². The molecular weight excluding hydrogens is 304 g/mol. The zero-order chi connectivity index (χ0) is 17.1. The molecule has 1 aromatic rings. The van der Waals surface area contributed by atoms with E-state index in [4.69, 9.17) is 4.42 Å². The fourth-order valence-electron chi connectivity index (χ4n) is 3.75. The molecule has 0 atom stereocenters. The molecule has 0 unspecified atom stereocenters. The second kappa shape index (κ2) is 7.70. The summed E-state index contributed by atoms with van der Waals surface area (Å²) >= 11 is 0. The number of carbonyl (C=O) groups excluding carboxylic acids is 1. The molecule has 2 aliphatic carbocycles. The molecule has 0 bridgehead atoms. The van der Waals surface area contributed by atoms with Gasteiger partial charge in [-0.3, -0.25) is 9.69 Å². The molecule has 2 aliphatic rings. The zero-order valence-corrected chi connectivity index (χ0v) is 14.9. The van der Waals surface area contributed by atoms with Crippen molar-refractivity contribution in [3.8, 4) is 0 Å². The Morgan fingerprint density at radius 3 is 2.38 bits per heavy atom. The minimum Gasteiger partial charge on any atom is -0.464 e. The summed E-state index contributed by atoms with van der Waals surface area (Å²) in [5.41, 5.74) is 0. The van der Waals surface area contributed by atoms with Gasteiger partial charge in [-0.15, -0.1) is 0 Å². The summed E-state index contributed by atoms with van der Waals surface area (Å²) in [6.07, 6.45) is 6.51. The van der Waals surface area contributed by atoms with Crippen molar-refractivity contribution in [2.24, 2.45) is 5.92 Å². The van der Waals surface area contributed by atoms with E-state index < -0.39 is 0 Å². The summed E-state index contributed by atoms with van der Waals surface area (Å²) < 4.78 is 5.66. The van der Waals surface area contributed by atoms with Gasteiger partial charge in [0.25, 0.3) is 0 Å². The molecule has 0 aliphatic heterocycles. The summed E-state index contributed by atoms with van der Waals surface area (Å²) in [7, 11) is 2.06. The first-order valence-electron chi connectivity index (χ1n) is 9.22. The lowest BCUT2D eigenvalue weighted by molar-refractivity contribution is -0.134. The van der Waals surface area contributed by atoms with Crippen LogP contribution >= 0.6 is 0 Å². The molecule has 5 nitrogen and oxygen atoms in total. The van der Waals surface area contributed by atoms with Crippen molar-refractivity contribution in [1.82, 2.24) is 9.80 Å². The number of amides is 1. The van der Waals surface area contributed by atoms with E-state index in [0.717, 1.165) is 50.0 Å². The molecule has 1 amide bonds. The highest BCUT2D eigenvalue weighted by atomic mass is 16.3. The number of rotatable bonds is 7. The maximum atomic E-state index is 12.8. The monoisotopic (exact) mass is 334 g/mol. The number of nitrogens with zero attached hydrogens (tertiary/aromatic N) is 2. The van der Waals surface area contributed by atoms with E-state index in [2.05, 4.69) is 11.9 Å². The highest BCUT2D eigenvalue weighted by Crippen LogP contribution is 2.30. The summed E-state index contributed by atoms with van der Waals surface area (Å²) in [6.45, 7) is 3.30. The van der Waals surface area contributed by atoms with Gasteiger partial charge in [0.05, 0.1) is 13.1 Å². The van der Waals surface area contributed by atoms with Gasteiger partial charge in [0.2, 0.25) is 5.91 Å². The van der Waals surface area contributed by atoms with Crippen LogP contribution in [0.4, 0.5) is 0 Å². The van der Waals surface area contributed by atoms with Crippen molar-refractivity contribution >= 4 is 5.91 Å². The van der Waals surface area contributed by atoms with E-state index in [-0.39, 0.29) is 5.91 Å². The van der Waals surface area contributed by atoms with Crippen molar-refractivity contribution in [2.45, 2.75) is 64.1 Å². The second-order valence-corrected chi connectivity index (χ2v) is 7.54. The molecule has 5 heteroatoms. The van der Waals surface area contributed by atoms with Crippen LogP contribution < -0.4 is 0 Å². The molecule has 2 saturated carbocycles. The molecule has 3 rings (SSSR count). The van der Waals surface area contributed by atoms with Crippen LogP contribution in [0.15, 0.2) is 16.5 Å². The third kappa shape index (κ3) is 4.39. The summed E-state index contributed by atoms with van der Waals surface area (Å²) in [5.74, 6) is 2.43. The Kier molecular flexibility index (Phi) is 5.61. The molecule has 1 heterocycles. The van der Waals surface area contributed by atoms with Crippen LogP contribution in [0.25, 0.3) is 0 Å². The molecule has 2 fully saturated rings. The van der Waals surface area contributed by atoms with E-state index in [1.807, 2.05) is 24.0 Å². The minimum absolute atomic E-state index is 0.207. The molecule has 0 aromatic carbocycles. The fourth-order valence-corrected chi connectivity index (χ4v) is 3.75. The summed E-state index contributed by atoms with van der Waals surface area (Å²) in [4.78, 5) is 17.0. The predicted octanol–water partition coefficient (Wildman–Crippen LogP) is 2.56.